The molecule has 0 bridgehead atoms. The molecule has 2 aromatic rings. The van der Waals surface area contributed by atoms with Crippen LogP contribution in [-0.2, 0) is 0 Å². The average molecular weight is 249 g/mol. The standard InChI is InChI=1S/C8H6F3N3OS/c1-16-6-3-14-7(12-4-13-14)2-5(6)15-8(9,10)11/h2-4H,1H3. The Balaban J connectivity index is 2.48. The van der Waals surface area contributed by atoms with Gasteiger partial charge in [-0.3, -0.25) is 0 Å². The number of aromatic nitrogens is 3. The Labute approximate surface area is 92.4 Å². The lowest BCUT2D eigenvalue weighted by Gasteiger charge is -2.11. The SMILES string of the molecule is CSc1cn2ncnc2cc1OC(F)(F)F. The predicted octanol–water partition coefficient (Wildman–Crippen LogP) is 2.35. The minimum absolute atomic E-state index is 0.263. The molecule has 0 N–H and O–H groups in total. The van der Waals surface area contributed by atoms with Gasteiger partial charge in [0.15, 0.2) is 5.65 Å². The zero-order valence-electron chi connectivity index (χ0n) is 8.02. The van der Waals surface area contributed by atoms with Crippen LogP contribution in [-0.4, -0.2) is 27.2 Å². The molecule has 0 unspecified atom stereocenters. The molecule has 0 aliphatic heterocycles. The molecule has 0 fully saturated rings. The molecule has 0 spiro atoms. The van der Waals surface area contributed by atoms with Crippen molar-refractivity contribution in [1.82, 2.24) is 14.6 Å². The Morgan fingerprint density at radius 3 is 2.81 bits per heavy atom. The number of rotatable bonds is 2. The second-order valence-corrected chi connectivity index (χ2v) is 3.66. The Morgan fingerprint density at radius 1 is 1.44 bits per heavy atom. The molecule has 2 rings (SSSR count). The van der Waals surface area contributed by atoms with Crippen molar-refractivity contribution in [3.63, 3.8) is 0 Å². The molecule has 0 atom stereocenters. The Kier molecular flexibility index (Phi) is 2.66. The van der Waals surface area contributed by atoms with Gasteiger partial charge in [0.2, 0.25) is 0 Å². The van der Waals surface area contributed by atoms with Gasteiger partial charge in [-0.2, -0.15) is 5.10 Å². The molecule has 0 aliphatic carbocycles. The van der Waals surface area contributed by atoms with Crippen molar-refractivity contribution in [2.75, 3.05) is 6.26 Å². The van der Waals surface area contributed by atoms with Crippen LogP contribution in [0, 0.1) is 0 Å². The van der Waals surface area contributed by atoms with E-state index in [1.165, 1.54) is 23.1 Å². The van der Waals surface area contributed by atoms with Gasteiger partial charge in [-0.15, -0.1) is 24.9 Å². The van der Waals surface area contributed by atoms with Crippen molar-refractivity contribution in [3.05, 3.63) is 18.6 Å². The minimum atomic E-state index is -4.71. The van der Waals surface area contributed by atoms with Crippen LogP contribution in [0.4, 0.5) is 13.2 Å². The molecule has 0 radical (unpaired) electrons. The normalized spacial score (nSPS) is 12.0. The lowest BCUT2D eigenvalue weighted by Crippen LogP contribution is -2.17. The van der Waals surface area contributed by atoms with Crippen molar-refractivity contribution >= 4 is 17.4 Å². The van der Waals surface area contributed by atoms with Crippen LogP contribution in [0.25, 0.3) is 5.65 Å². The summed E-state index contributed by atoms with van der Waals surface area (Å²) in [6, 6.07) is 1.20. The van der Waals surface area contributed by atoms with E-state index in [4.69, 9.17) is 0 Å². The first-order valence-electron chi connectivity index (χ1n) is 4.13. The van der Waals surface area contributed by atoms with Gasteiger partial charge in [0.1, 0.15) is 12.1 Å². The molecule has 0 amide bonds. The maximum atomic E-state index is 12.1. The van der Waals surface area contributed by atoms with E-state index in [9.17, 15) is 13.2 Å². The number of pyridine rings is 1. The lowest BCUT2D eigenvalue weighted by atomic mass is 10.4. The number of halogens is 3. The van der Waals surface area contributed by atoms with Crippen molar-refractivity contribution in [1.29, 1.82) is 0 Å². The zero-order chi connectivity index (χ0) is 11.8. The number of nitrogens with zero attached hydrogens (tertiary/aromatic N) is 3. The molecule has 0 saturated heterocycles. The Bertz CT molecular complexity index is 511. The monoisotopic (exact) mass is 249 g/mol. The van der Waals surface area contributed by atoms with Crippen LogP contribution in [0.15, 0.2) is 23.5 Å². The van der Waals surface area contributed by atoms with Crippen LogP contribution in [0.2, 0.25) is 0 Å². The molecular weight excluding hydrogens is 243 g/mol. The number of hydrogen-bond acceptors (Lipinski definition) is 4. The Morgan fingerprint density at radius 2 is 2.19 bits per heavy atom. The summed E-state index contributed by atoms with van der Waals surface area (Å²) >= 11 is 1.14. The summed E-state index contributed by atoms with van der Waals surface area (Å²) in [5, 5.41) is 3.82. The highest BCUT2D eigenvalue weighted by Crippen LogP contribution is 2.32. The number of hydrogen-bond donors (Lipinski definition) is 0. The lowest BCUT2D eigenvalue weighted by molar-refractivity contribution is -0.275. The van der Waals surface area contributed by atoms with Crippen LogP contribution in [0.5, 0.6) is 5.75 Å². The second-order valence-electron chi connectivity index (χ2n) is 2.82. The van der Waals surface area contributed by atoms with Crippen molar-refractivity contribution in [3.8, 4) is 5.75 Å². The van der Waals surface area contributed by atoms with Crippen molar-refractivity contribution < 1.29 is 17.9 Å². The van der Waals surface area contributed by atoms with Crippen LogP contribution >= 0.6 is 11.8 Å². The van der Waals surface area contributed by atoms with Gasteiger partial charge in [0, 0.05) is 12.3 Å². The van der Waals surface area contributed by atoms with E-state index in [1.807, 2.05) is 0 Å². The fourth-order valence-corrected chi connectivity index (χ4v) is 1.69. The zero-order valence-corrected chi connectivity index (χ0v) is 8.84. The van der Waals surface area contributed by atoms with Gasteiger partial charge in [0.05, 0.1) is 4.90 Å². The van der Waals surface area contributed by atoms with Gasteiger partial charge in [-0.1, -0.05) is 0 Å². The summed E-state index contributed by atoms with van der Waals surface area (Å²) in [6.45, 7) is 0. The molecule has 0 saturated carbocycles. The van der Waals surface area contributed by atoms with E-state index in [-0.39, 0.29) is 5.75 Å². The second kappa shape index (κ2) is 3.85. The number of thioether (sulfide) groups is 1. The predicted molar refractivity (Wildman–Crippen MR) is 51.5 cm³/mol. The fourth-order valence-electron chi connectivity index (χ4n) is 1.18. The minimum Gasteiger partial charge on any atom is -0.404 e. The van der Waals surface area contributed by atoms with Gasteiger partial charge in [0.25, 0.3) is 0 Å². The summed E-state index contributed by atoms with van der Waals surface area (Å²) in [4.78, 5) is 4.12. The first-order chi connectivity index (χ1) is 7.49. The molecule has 86 valence electrons. The van der Waals surface area contributed by atoms with Crippen LogP contribution in [0.1, 0.15) is 0 Å². The molecule has 2 aromatic heterocycles. The van der Waals surface area contributed by atoms with Gasteiger partial charge in [-0.05, 0) is 6.26 Å². The molecular formula is C8H6F3N3OS. The summed E-state index contributed by atoms with van der Waals surface area (Å²) < 4.78 is 41.6. The number of alkyl halides is 3. The van der Waals surface area contributed by atoms with Gasteiger partial charge in [-0.25, -0.2) is 9.50 Å². The van der Waals surface area contributed by atoms with E-state index in [2.05, 4.69) is 14.8 Å². The average Bonchev–Trinajstić information content (AvgIpc) is 2.60. The highest BCUT2D eigenvalue weighted by Gasteiger charge is 2.32. The first-order valence-corrected chi connectivity index (χ1v) is 5.35. The maximum Gasteiger partial charge on any atom is 0.573 e. The van der Waals surface area contributed by atoms with E-state index < -0.39 is 6.36 Å². The van der Waals surface area contributed by atoms with Gasteiger partial charge >= 0.3 is 6.36 Å². The topological polar surface area (TPSA) is 39.4 Å². The third-order valence-corrected chi connectivity index (χ3v) is 2.54. The number of ether oxygens (including phenoxy) is 1. The fraction of sp³-hybridized carbons (Fsp3) is 0.250. The highest BCUT2D eigenvalue weighted by atomic mass is 32.2. The summed E-state index contributed by atoms with van der Waals surface area (Å²) in [7, 11) is 0. The van der Waals surface area contributed by atoms with E-state index in [1.54, 1.807) is 6.26 Å². The molecule has 16 heavy (non-hydrogen) atoms. The number of fused-ring (bicyclic) bond motifs is 1. The van der Waals surface area contributed by atoms with E-state index >= 15 is 0 Å². The summed E-state index contributed by atoms with van der Waals surface area (Å²) in [5.41, 5.74) is 0.303. The highest BCUT2D eigenvalue weighted by molar-refractivity contribution is 7.98. The molecule has 4 nitrogen and oxygen atoms in total. The van der Waals surface area contributed by atoms with Crippen LogP contribution < -0.4 is 4.74 Å². The van der Waals surface area contributed by atoms with E-state index in [0.29, 0.717) is 10.5 Å². The summed E-state index contributed by atoms with van der Waals surface area (Å²) in [5.74, 6) is -0.263. The largest absolute Gasteiger partial charge is 0.573 e. The quantitative estimate of drug-likeness (QED) is 0.766. The first kappa shape index (κ1) is 11.1. The third-order valence-electron chi connectivity index (χ3n) is 1.79. The van der Waals surface area contributed by atoms with Crippen LogP contribution in [0.3, 0.4) is 0 Å². The molecule has 0 aliphatic rings. The van der Waals surface area contributed by atoms with Crippen molar-refractivity contribution in [2.45, 2.75) is 11.3 Å². The Hall–Kier alpha value is -1.44. The molecule has 8 heteroatoms. The van der Waals surface area contributed by atoms with Crippen molar-refractivity contribution in [2.24, 2.45) is 0 Å². The third kappa shape index (κ3) is 2.21. The molecule has 0 aromatic carbocycles. The maximum absolute atomic E-state index is 12.1. The smallest absolute Gasteiger partial charge is 0.404 e. The van der Waals surface area contributed by atoms with E-state index in [0.717, 1.165) is 11.8 Å². The van der Waals surface area contributed by atoms with Gasteiger partial charge < -0.3 is 4.74 Å². The molecule has 2 heterocycles. The summed E-state index contributed by atoms with van der Waals surface area (Å²) in [6.07, 6.45) is -0.352.